The molecule has 2 unspecified atom stereocenters. The molecule has 0 saturated carbocycles. The van der Waals surface area contributed by atoms with Gasteiger partial charge in [-0.05, 0) is 13.0 Å². The monoisotopic (exact) mass is 209 g/mol. The fourth-order valence-corrected chi connectivity index (χ4v) is 3.18. The largest absolute Gasteiger partial charge is 0.391 e. The van der Waals surface area contributed by atoms with Gasteiger partial charge in [0, 0.05) is 16.1 Å². The summed E-state index contributed by atoms with van der Waals surface area (Å²) in [6, 6.07) is 0. The van der Waals surface area contributed by atoms with Crippen LogP contribution in [0.15, 0.2) is 34.8 Å². The van der Waals surface area contributed by atoms with Crippen LogP contribution >= 0.6 is 11.8 Å². The Hall–Kier alpha value is -0.510. The third-order valence-electron chi connectivity index (χ3n) is 2.63. The molecule has 0 radical (unpaired) electrons. The maximum Gasteiger partial charge on any atom is 0.0737 e. The highest BCUT2D eigenvalue weighted by molar-refractivity contribution is 8.04. The lowest BCUT2D eigenvalue weighted by Crippen LogP contribution is -2.16. The SMILES string of the molecule is NCCC1=CC=CC2SC(CO)=CC12. The van der Waals surface area contributed by atoms with E-state index in [9.17, 15) is 0 Å². The molecule has 0 bridgehead atoms. The highest BCUT2D eigenvalue weighted by Gasteiger charge is 2.29. The first kappa shape index (κ1) is 10.0. The Bertz CT molecular complexity index is 306. The van der Waals surface area contributed by atoms with Crippen LogP contribution < -0.4 is 5.73 Å². The van der Waals surface area contributed by atoms with E-state index in [1.807, 2.05) is 0 Å². The molecule has 0 aromatic rings. The van der Waals surface area contributed by atoms with E-state index in [1.54, 1.807) is 11.8 Å². The van der Waals surface area contributed by atoms with Gasteiger partial charge in [-0.3, -0.25) is 0 Å². The second-order valence-electron chi connectivity index (χ2n) is 3.56. The van der Waals surface area contributed by atoms with E-state index in [-0.39, 0.29) is 6.61 Å². The molecule has 0 aromatic carbocycles. The highest BCUT2D eigenvalue weighted by Crippen LogP contribution is 2.42. The molecule has 0 aromatic heterocycles. The van der Waals surface area contributed by atoms with Crippen molar-refractivity contribution >= 4 is 11.8 Å². The minimum atomic E-state index is 0.168. The van der Waals surface area contributed by atoms with Gasteiger partial charge in [0.25, 0.3) is 0 Å². The summed E-state index contributed by atoms with van der Waals surface area (Å²) in [5.74, 6) is 0.468. The lowest BCUT2D eigenvalue weighted by molar-refractivity contribution is 0.339. The normalized spacial score (nSPS) is 29.9. The quantitative estimate of drug-likeness (QED) is 0.739. The molecular formula is C11H15NOS. The predicted molar refractivity (Wildman–Crippen MR) is 60.9 cm³/mol. The minimum absolute atomic E-state index is 0.168. The molecule has 76 valence electrons. The summed E-state index contributed by atoms with van der Waals surface area (Å²) >= 11 is 1.77. The van der Waals surface area contributed by atoms with E-state index in [4.69, 9.17) is 10.8 Å². The maximum atomic E-state index is 9.07. The Balaban J connectivity index is 2.16. The Morgan fingerprint density at radius 3 is 3.07 bits per heavy atom. The molecule has 2 rings (SSSR count). The van der Waals surface area contributed by atoms with Crippen LogP contribution in [0.1, 0.15) is 6.42 Å². The second-order valence-corrected chi connectivity index (χ2v) is 4.87. The Morgan fingerprint density at radius 1 is 1.50 bits per heavy atom. The van der Waals surface area contributed by atoms with Crippen LogP contribution in [0.25, 0.3) is 0 Å². The molecule has 1 heterocycles. The van der Waals surface area contributed by atoms with E-state index in [0.717, 1.165) is 11.3 Å². The van der Waals surface area contributed by atoms with E-state index in [0.29, 0.717) is 17.7 Å². The zero-order chi connectivity index (χ0) is 9.97. The molecule has 0 spiro atoms. The Labute approximate surface area is 88.6 Å². The van der Waals surface area contributed by atoms with Crippen LogP contribution in [-0.2, 0) is 0 Å². The lowest BCUT2D eigenvalue weighted by atomic mass is 9.89. The van der Waals surface area contributed by atoms with Crippen molar-refractivity contribution in [2.24, 2.45) is 11.7 Å². The Morgan fingerprint density at radius 2 is 2.36 bits per heavy atom. The van der Waals surface area contributed by atoms with Crippen molar-refractivity contribution in [2.75, 3.05) is 13.2 Å². The fraction of sp³-hybridized carbons (Fsp3) is 0.455. The number of aliphatic hydroxyl groups excluding tert-OH is 1. The van der Waals surface area contributed by atoms with Crippen molar-refractivity contribution in [3.05, 3.63) is 34.8 Å². The van der Waals surface area contributed by atoms with Gasteiger partial charge in [0.1, 0.15) is 0 Å². The predicted octanol–water partition coefficient (Wildman–Crippen LogP) is 1.44. The number of nitrogens with two attached hydrogens (primary N) is 1. The number of aliphatic hydroxyl groups is 1. The summed E-state index contributed by atoms with van der Waals surface area (Å²) < 4.78 is 0. The first-order valence-electron chi connectivity index (χ1n) is 4.90. The van der Waals surface area contributed by atoms with E-state index in [2.05, 4.69) is 24.3 Å². The highest BCUT2D eigenvalue weighted by atomic mass is 32.2. The first-order chi connectivity index (χ1) is 6.85. The standard InChI is InChI=1S/C11H15NOS/c12-5-4-8-2-1-3-11-10(8)6-9(7-13)14-11/h1-3,6,10-11,13H,4-5,7,12H2. The van der Waals surface area contributed by atoms with Gasteiger partial charge in [0.2, 0.25) is 0 Å². The van der Waals surface area contributed by atoms with Crippen LogP contribution in [0.3, 0.4) is 0 Å². The van der Waals surface area contributed by atoms with Crippen molar-refractivity contribution in [1.29, 1.82) is 0 Å². The number of thioether (sulfide) groups is 1. The third kappa shape index (κ3) is 1.80. The molecule has 2 aliphatic rings. The molecule has 1 aliphatic carbocycles. The van der Waals surface area contributed by atoms with Crippen molar-refractivity contribution in [1.82, 2.24) is 0 Å². The third-order valence-corrected chi connectivity index (χ3v) is 3.93. The molecule has 3 N–H and O–H groups in total. The molecule has 2 nitrogen and oxygen atoms in total. The summed E-state index contributed by atoms with van der Waals surface area (Å²) in [6.45, 7) is 0.872. The van der Waals surface area contributed by atoms with Crippen molar-refractivity contribution in [2.45, 2.75) is 11.7 Å². The smallest absolute Gasteiger partial charge is 0.0737 e. The second kappa shape index (κ2) is 4.34. The Kier molecular flexibility index (Phi) is 3.11. The zero-order valence-corrected chi connectivity index (χ0v) is 8.83. The molecule has 2 atom stereocenters. The van der Waals surface area contributed by atoms with Gasteiger partial charge >= 0.3 is 0 Å². The van der Waals surface area contributed by atoms with Gasteiger partial charge in [-0.1, -0.05) is 29.9 Å². The molecule has 14 heavy (non-hydrogen) atoms. The molecule has 3 heteroatoms. The van der Waals surface area contributed by atoms with Crippen molar-refractivity contribution in [3.63, 3.8) is 0 Å². The minimum Gasteiger partial charge on any atom is -0.391 e. The summed E-state index contributed by atoms with van der Waals surface area (Å²) in [5, 5.41) is 9.56. The van der Waals surface area contributed by atoms with Crippen LogP contribution in [0.2, 0.25) is 0 Å². The van der Waals surface area contributed by atoms with Crippen LogP contribution in [0, 0.1) is 5.92 Å². The summed E-state index contributed by atoms with van der Waals surface area (Å²) in [6.07, 6.45) is 9.61. The van der Waals surface area contributed by atoms with E-state index in [1.165, 1.54) is 5.57 Å². The average Bonchev–Trinajstić information content (AvgIpc) is 2.62. The molecular weight excluding hydrogens is 194 g/mol. The number of hydrogen-bond donors (Lipinski definition) is 2. The topological polar surface area (TPSA) is 46.2 Å². The number of fused-ring (bicyclic) bond motifs is 1. The average molecular weight is 209 g/mol. The van der Waals surface area contributed by atoms with Crippen LogP contribution in [-0.4, -0.2) is 23.5 Å². The van der Waals surface area contributed by atoms with Crippen LogP contribution in [0.5, 0.6) is 0 Å². The van der Waals surface area contributed by atoms with Gasteiger partial charge in [0.05, 0.1) is 6.61 Å². The maximum absolute atomic E-state index is 9.07. The zero-order valence-electron chi connectivity index (χ0n) is 8.02. The summed E-state index contributed by atoms with van der Waals surface area (Å²) in [7, 11) is 0. The summed E-state index contributed by atoms with van der Waals surface area (Å²) in [4.78, 5) is 1.09. The number of allylic oxidation sites excluding steroid dienone is 3. The van der Waals surface area contributed by atoms with E-state index < -0.39 is 0 Å². The van der Waals surface area contributed by atoms with Crippen molar-refractivity contribution < 1.29 is 5.11 Å². The number of rotatable bonds is 3. The summed E-state index contributed by atoms with van der Waals surface area (Å²) in [5.41, 5.74) is 6.97. The molecule has 0 amide bonds. The van der Waals surface area contributed by atoms with Crippen molar-refractivity contribution in [3.8, 4) is 0 Å². The number of hydrogen-bond acceptors (Lipinski definition) is 3. The van der Waals surface area contributed by atoms with Gasteiger partial charge in [0.15, 0.2) is 0 Å². The molecule has 0 fully saturated rings. The molecule has 1 aliphatic heterocycles. The van der Waals surface area contributed by atoms with E-state index >= 15 is 0 Å². The first-order valence-corrected chi connectivity index (χ1v) is 5.78. The molecule has 0 saturated heterocycles. The fourth-order valence-electron chi connectivity index (χ4n) is 1.97. The van der Waals surface area contributed by atoms with Crippen LogP contribution in [0.4, 0.5) is 0 Å². The van der Waals surface area contributed by atoms with Gasteiger partial charge in [-0.25, -0.2) is 0 Å². The van der Waals surface area contributed by atoms with Gasteiger partial charge < -0.3 is 10.8 Å². The van der Waals surface area contributed by atoms with Gasteiger partial charge in [-0.2, -0.15) is 0 Å². The lowest BCUT2D eigenvalue weighted by Gasteiger charge is -2.21. The van der Waals surface area contributed by atoms with Gasteiger partial charge in [-0.15, -0.1) is 11.8 Å².